The van der Waals surface area contributed by atoms with Gasteiger partial charge in [0.25, 0.3) is 0 Å². The van der Waals surface area contributed by atoms with Gasteiger partial charge in [0, 0.05) is 24.1 Å². The average molecular weight is 445 g/mol. The van der Waals surface area contributed by atoms with Crippen molar-refractivity contribution >= 4 is 0 Å². The van der Waals surface area contributed by atoms with Gasteiger partial charge in [0.2, 0.25) is 5.82 Å². The number of nitrogens with one attached hydrogen (secondary N) is 1. The average Bonchev–Trinajstić information content (AvgIpc) is 3.50. The molecule has 2 heterocycles. The highest BCUT2D eigenvalue weighted by atomic mass is 16.3. The van der Waals surface area contributed by atoms with E-state index in [1.54, 1.807) is 0 Å². The van der Waals surface area contributed by atoms with Crippen molar-refractivity contribution in [2.24, 2.45) is 0 Å². The molecule has 172 valence electrons. The molecule has 0 spiro atoms. The van der Waals surface area contributed by atoms with Crippen molar-refractivity contribution in [3.05, 3.63) is 71.0 Å². The van der Waals surface area contributed by atoms with Gasteiger partial charge in [-0.2, -0.15) is 10.3 Å². The van der Waals surface area contributed by atoms with Gasteiger partial charge in [0.05, 0.1) is 18.0 Å². The van der Waals surface area contributed by atoms with Gasteiger partial charge in [-0.25, -0.2) is 0 Å². The minimum absolute atomic E-state index is 0.000212. The summed E-state index contributed by atoms with van der Waals surface area (Å²) in [6, 6.07) is 16.6. The fraction of sp³-hybridized carbons (Fsp3) is 0.385. The van der Waals surface area contributed by atoms with Gasteiger partial charge in [-0.15, -0.1) is 10.2 Å². The first-order valence-electron chi connectivity index (χ1n) is 11.9. The Kier molecular flexibility index (Phi) is 7.62. The number of unbranched alkanes of at least 4 members (excludes halogenated alkanes) is 2. The van der Waals surface area contributed by atoms with E-state index in [9.17, 15) is 5.11 Å². The third kappa shape index (κ3) is 5.03. The number of aliphatic hydroxyl groups excluding tert-OH is 1. The molecule has 0 atom stereocenters. The topological polar surface area (TPSA) is 92.5 Å². The van der Waals surface area contributed by atoms with Crippen LogP contribution in [0.3, 0.4) is 0 Å². The normalized spacial score (nSPS) is 11.2. The summed E-state index contributed by atoms with van der Waals surface area (Å²) >= 11 is 0. The van der Waals surface area contributed by atoms with E-state index in [1.807, 2.05) is 22.9 Å². The molecule has 0 aliphatic carbocycles. The highest BCUT2D eigenvalue weighted by Crippen LogP contribution is 2.34. The fourth-order valence-corrected chi connectivity index (χ4v) is 4.32. The van der Waals surface area contributed by atoms with Gasteiger partial charge in [0.15, 0.2) is 0 Å². The van der Waals surface area contributed by atoms with Crippen molar-refractivity contribution in [3.63, 3.8) is 0 Å². The van der Waals surface area contributed by atoms with Gasteiger partial charge in [-0.3, -0.25) is 4.68 Å². The van der Waals surface area contributed by atoms with Crippen molar-refractivity contribution in [1.29, 1.82) is 0 Å². The zero-order chi connectivity index (χ0) is 23.0. The summed E-state index contributed by atoms with van der Waals surface area (Å²) in [5.41, 5.74) is 7.53. The SMILES string of the molecule is CCCCc1nn(CCCC)c(CO)c1Cc1ccccc1-c1ccccc1-c1nn[nH]n1. The summed E-state index contributed by atoms with van der Waals surface area (Å²) in [6.07, 6.45) is 6.00. The Morgan fingerprint density at radius 3 is 2.33 bits per heavy atom. The van der Waals surface area contributed by atoms with Gasteiger partial charge < -0.3 is 5.11 Å². The van der Waals surface area contributed by atoms with Gasteiger partial charge in [-0.05, 0) is 41.2 Å². The summed E-state index contributed by atoms with van der Waals surface area (Å²) in [5.74, 6) is 0.576. The van der Waals surface area contributed by atoms with Crippen molar-refractivity contribution in [2.75, 3.05) is 0 Å². The van der Waals surface area contributed by atoms with Crippen LogP contribution in [-0.2, 0) is 26.0 Å². The number of tetrazole rings is 1. The third-order valence-electron chi connectivity index (χ3n) is 6.08. The lowest BCUT2D eigenvalue weighted by Crippen LogP contribution is -2.06. The maximum absolute atomic E-state index is 10.3. The number of aliphatic hydroxyl groups is 1. The van der Waals surface area contributed by atoms with Crippen LogP contribution >= 0.6 is 0 Å². The molecule has 0 aliphatic heterocycles. The summed E-state index contributed by atoms with van der Waals surface area (Å²) in [6.45, 7) is 5.22. The van der Waals surface area contributed by atoms with E-state index in [0.29, 0.717) is 5.82 Å². The van der Waals surface area contributed by atoms with Crippen molar-refractivity contribution < 1.29 is 5.11 Å². The number of hydrogen-bond donors (Lipinski definition) is 2. The van der Waals surface area contributed by atoms with E-state index in [2.05, 4.69) is 64.8 Å². The molecule has 2 aromatic heterocycles. The molecule has 7 heteroatoms. The number of rotatable bonds is 11. The summed E-state index contributed by atoms with van der Waals surface area (Å²) < 4.78 is 2.03. The Labute approximate surface area is 194 Å². The molecular weight excluding hydrogens is 412 g/mol. The largest absolute Gasteiger partial charge is 0.390 e. The molecule has 0 fully saturated rings. The molecule has 33 heavy (non-hydrogen) atoms. The first-order valence-corrected chi connectivity index (χ1v) is 11.9. The van der Waals surface area contributed by atoms with E-state index >= 15 is 0 Å². The van der Waals surface area contributed by atoms with Crippen LogP contribution in [0.1, 0.15) is 62.0 Å². The Hall–Kier alpha value is -3.32. The predicted octanol–water partition coefficient (Wildman–Crippen LogP) is 4.96. The van der Waals surface area contributed by atoms with Gasteiger partial charge in [-0.1, -0.05) is 75.2 Å². The molecule has 0 bridgehead atoms. The molecule has 2 aromatic carbocycles. The fourth-order valence-electron chi connectivity index (χ4n) is 4.32. The molecular formula is C26H32N6O. The lowest BCUT2D eigenvalue weighted by atomic mass is 9.91. The standard InChI is InChI=1S/C26H32N6O/c1-3-5-15-24-23(25(18-33)32(29-24)16-6-4-2)17-19-11-7-8-12-20(19)21-13-9-10-14-22(21)26-27-30-31-28-26/h7-14,33H,3-6,15-18H2,1-2H3,(H,27,28,30,31). The molecule has 7 nitrogen and oxygen atoms in total. The molecule has 0 amide bonds. The van der Waals surface area contributed by atoms with Crippen molar-refractivity contribution in [3.8, 4) is 22.5 Å². The van der Waals surface area contributed by atoms with Crippen molar-refractivity contribution in [2.45, 2.75) is 65.5 Å². The number of nitrogens with zero attached hydrogens (tertiary/aromatic N) is 5. The molecule has 0 aliphatic rings. The Morgan fingerprint density at radius 1 is 0.909 bits per heavy atom. The highest BCUT2D eigenvalue weighted by molar-refractivity contribution is 5.82. The first kappa shape index (κ1) is 22.9. The smallest absolute Gasteiger partial charge is 0.205 e. The highest BCUT2D eigenvalue weighted by Gasteiger charge is 2.20. The molecule has 0 unspecified atom stereocenters. The lowest BCUT2D eigenvalue weighted by Gasteiger charge is -2.14. The van der Waals surface area contributed by atoms with Crippen molar-refractivity contribution in [1.82, 2.24) is 30.4 Å². The summed E-state index contributed by atoms with van der Waals surface area (Å²) in [7, 11) is 0. The second-order valence-electron chi connectivity index (χ2n) is 8.33. The number of aromatic nitrogens is 6. The van der Waals surface area contributed by atoms with E-state index < -0.39 is 0 Å². The molecule has 0 saturated heterocycles. The predicted molar refractivity (Wildman–Crippen MR) is 130 cm³/mol. The number of hydrogen-bond acceptors (Lipinski definition) is 5. The van der Waals surface area contributed by atoms with Gasteiger partial charge in [0.1, 0.15) is 0 Å². The van der Waals surface area contributed by atoms with E-state index in [0.717, 1.165) is 78.7 Å². The Balaban J connectivity index is 1.77. The zero-order valence-corrected chi connectivity index (χ0v) is 19.5. The molecule has 2 N–H and O–H groups in total. The molecule has 0 saturated carbocycles. The first-order chi connectivity index (χ1) is 16.3. The lowest BCUT2D eigenvalue weighted by molar-refractivity contribution is 0.266. The van der Waals surface area contributed by atoms with Crippen LogP contribution in [0.2, 0.25) is 0 Å². The molecule has 0 radical (unpaired) electrons. The Morgan fingerprint density at radius 2 is 1.64 bits per heavy atom. The van der Waals surface area contributed by atoms with Crippen LogP contribution < -0.4 is 0 Å². The van der Waals surface area contributed by atoms with Crippen LogP contribution in [0, 0.1) is 0 Å². The maximum atomic E-state index is 10.3. The van der Waals surface area contributed by atoms with Crippen LogP contribution in [0.25, 0.3) is 22.5 Å². The number of aryl methyl sites for hydroxylation is 2. The zero-order valence-electron chi connectivity index (χ0n) is 19.5. The number of benzene rings is 2. The second-order valence-corrected chi connectivity index (χ2v) is 8.33. The second kappa shape index (κ2) is 11.0. The summed E-state index contributed by atoms with van der Waals surface area (Å²) in [4.78, 5) is 0. The molecule has 4 rings (SSSR count). The quantitative estimate of drug-likeness (QED) is 0.341. The van der Waals surface area contributed by atoms with Crippen LogP contribution in [-0.4, -0.2) is 35.5 Å². The minimum atomic E-state index is -0.000212. The van der Waals surface area contributed by atoms with Crippen LogP contribution in [0.15, 0.2) is 48.5 Å². The van der Waals surface area contributed by atoms with E-state index in [1.165, 1.54) is 5.56 Å². The number of aromatic amines is 1. The summed E-state index contributed by atoms with van der Waals surface area (Å²) in [5, 5.41) is 29.9. The van der Waals surface area contributed by atoms with Crippen LogP contribution in [0.4, 0.5) is 0 Å². The van der Waals surface area contributed by atoms with Gasteiger partial charge >= 0.3 is 0 Å². The number of H-pyrrole nitrogens is 1. The third-order valence-corrected chi connectivity index (χ3v) is 6.08. The minimum Gasteiger partial charge on any atom is -0.390 e. The monoisotopic (exact) mass is 444 g/mol. The van der Waals surface area contributed by atoms with Crippen LogP contribution in [0.5, 0.6) is 0 Å². The maximum Gasteiger partial charge on any atom is 0.205 e. The van der Waals surface area contributed by atoms with E-state index in [-0.39, 0.29) is 6.61 Å². The Bertz CT molecular complexity index is 1170. The van der Waals surface area contributed by atoms with E-state index in [4.69, 9.17) is 5.10 Å². The molecule has 4 aromatic rings.